The second kappa shape index (κ2) is 4.22. The molecular formula is C8H5ClINO3. The molecule has 0 saturated carbocycles. The molecule has 0 aliphatic carbocycles. The van der Waals surface area contributed by atoms with Crippen LogP contribution in [0.5, 0.6) is 0 Å². The molecular weight excluding hydrogens is 320 g/mol. The molecule has 6 heteroatoms. The van der Waals surface area contributed by atoms with E-state index in [-0.39, 0.29) is 11.3 Å². The fourth-order valence-electron chi connectivity index (χ4n) is 1.01. The van der Waals surface area contributed by atoms with Crippen molar-refractivity contribution in [2.24, 2.45) is 0 Å². The van der Waals surface area contributed by atoms with Crippen LogP contribution < -0.4 is 0 Å². The molecule has 1 aromatic carbocycles. The minimum atomic E-state index is -0.679. The van der Waals surface area contributed by atoms with Crippen molar-refractivity contribution in [1.82, 2.24) is 0 Å². The SMILES string of the molecule is Cc1cc(I)c([N+](=O)[O-])cc1C(=O)Cl. The molecule has 14 heavy (non-hydrogen) atoms. The molecule has 0 bridgehead atoms. The van der Waals surface area contributed by atoms with Crippen LogP contribution in [0.25, 0.3) is 0 Å². The third kappa shape index (κ3) is 2.21. The predicted molar refractivity (Wildman–Crippen MR) is 60.7 cm³/mol. The van der Waals surface area contributed by atoms with E-state index in [1.165, 1.54) is 6.07 Å². The standard InChI is InChI=1S/C8H5ClINO3/c1-4-2-6(10)7(11(13)14)3-5(4)8(9)12/h2-3H,1H3. The molecule has 0 fully saturated rings. The van der Waals surface area contributed by atoms with Crippen LogP contribution in [0.1, 0.15) is 15.9 Å². The third-order valence-electron chi connectivity index (χ3n) is 1.70. The van der Waals surface area contributed by atoms with E-state index in [0.29, 0.717) is 9.13 Å². The van der Waals surface area contributed by atoms with Gasteiger partial charge in [0, 0.05) is 11.6 Å². The van der Waals surface area contributed by atoms with Crippen LogP contribution in [-0.4, -0.2) is 10.2 Å². The molecule has 0 saturated heterocycles. The molecule has 4 nitrogen and oxygen atoms in total. The van der Waals surface area contributed by atoms with Gasteiger partial charge < -0.3 is 0 Å². The molecule has 0 aliphatic heterocycles. The molecule has 1 aromatic rings. The molecule has 0 aromatic heterocycles. The molecule has 0 heterocycles. The fraction of sp³-hybridized carbons (Fsp3) is 0.125. The quantitative estimate of drug-likeness (QED) is 0.363. The minimum absolute atomic E-state index is 0.0970. The highest BCUT2D eigenvalue weighted by Crippen LogP contribution is 2.25. The van der Waals surface area contributed by atoms with Gasteiger partial charge in [-0.05, 0) is 52.7 Å². The summed E-state index contributed by atoms with van der Waals surface area (Å²) in [6.45, 7) is 1.68. The van der Waals surface area contributed by atoms with Crippen LogP contribution in [-0.2, 0) is 0 Å². The maximum absolute atomic E-state index is 10.9. The van der Waals surface area contributed by atoms with Gasteiger partial charge in [0.1, 0.15) is 0 Å². The predicted octanol–water partition coefficient (Wildman–Crippen LogP) is 2.89. The molecule has 0 aliphatic rings. The summed E-state index contributed by atoms with van der Waals surface area (Å²) in [5.74, 6) is 0. The maximum atomic E-state index is 10.9. The lowest BCUT2D eigenvalue weighted by atomic mass is 10.1. The number of halogens is 2. The van der Waals surface area contributed by atoms with Gasteiger partial charge in [0.05, 0.1) is 8.49 Å². The summed E-state index contributed by atoms with van der Waals surface area (Å²) < 4.78 is 0.492. The Kier molecular flexibility index (Phi) is 3.43. The maximum Gasteiger partial charge on any atom is 0.283 e. The van der Waals surface area contributed by atoms with Crippen molar-refractivity contribution in [3.8, 4) is 0 Å². The van der Waals surface area contributed by atoms with E-state index in [2.05, 4.69) is 0 Å². The Hall–Kier alpha value is -0.690. The summed E-state index contributed by atoms with van der Waals surface area (Å²) in [7, 11) is 0. The van der Waals surface area contributed by atoms with Crippen LogP contribution >= 0.6 is 34.2 Å². The van der Waals surface area contributed by atoms with E-state index in [1.54, 1.807) is 13.0 Å². The van der Waals surface area contributed by atoms with Gasteiger partial charge >= 0.3 is 0 Å². The van der Waals surface area contributed by atoms with Crippen LogP contribution in [0.15, 0.2) is 12.1 Å². The first-order chi connectivity index (χ1) is 6.43. The molecule has 0 amide bonds. The van der Waals surface area contributed by atoms with E-state index in [1.807, 2.05) is 22.6 Å². The van der Waals surface area contributed by atoms with E-state index in [0.717, 1.165) is 0 Å². The lowest BCUT2D eigenvalue weighted by molar-refractivity contribution is -0.385. The summed E-state index contributed by atoms with van der Waals surface area (Å²) in [5, 5.41) is 9.88. The van der Waals surface area contributed by atoms with Gasteiger partial charge in [-0.1, -0.05) is 0 Å². The van der Waals surface area contributed by atoms with Gasteiger partial charge in [-0.25, -0.2) is 0 Å². The van der Waals surface area contributed by atoms with E-state index >= 15 is 0 Å². The molecule has 74 valence electrons. The summed E-state index contributed by atoms with van der Waals surface area (Å²) in [6, 6.07) is 2.76. The van der Waals surface area contributed by atoms with Crippen molar-refractivity contribution >= 4 is 45.1 Å². The highest BCUT2D eigenvalue weighted by Gasteiger charge is 2.17. The number of hydrogen-bond donors (Lipinski definition) is 0. The van der Waals surface area contributed by atoms with Crippen molar-refractivity contribution in [3.63, 3.8) is 0 Å². The number of benzene rings is 1. The van der Waals surface area contributed by atoms with Crippen LogP contribution in [0.4, 0.5) is 5.69 Å². The molecule has 0 unspecified atom stereocenters. The largest absolute Gasteiger partial charge is 0.283 e. The number of rotatable bonds is 2. The van der Waals surface area contributed by atoms with E-state index < -0.39 is 10.2 Å². The van der Waals surface area contributed by atoms with Crippen LogP contribution in [0, 0.1) is 20.6 Å². The highest BCUT2D eigenvalue weighted by molar-refractivity contribution is 14.1. The average Bonchev–Trinajstić information content (AvgIpc) is 2.02. The number of aryl methyl sites for hydroxylation is 1. The van der Waals surface area contributed by atoms with Crippen molar-refractivity contribution < 1.29 is 9.72 Å². The molecule has 0 spiro atoms. The van der Waals surface area contributed by atoms with E-state index in [4.69, 9.17) is 11.6 Å². The molecule has 0 atom stereocenters. The van der Waals surface area contributed by atoms with Crippen molar-refractivity contribution in [3.05, 3.63) is 36.9 Å². The van der Waals surface area contributed by atoms with Gasteiger partial charge in [-0.3, -0.25) is 14.9 Å². The summed E-state index contributed by atoms with van der Waals surface area (Å²) in [5.41, 5.74) is 0.721. The first-order valence-corrected chi connectivity index (χ1v) is 5.03. The Morgan fingerprint density at radius 1 is 1.57 bits per heavy atom. The zero-order chi connectivity index (χ0) is 10.9. The first kappa shape index (κ1) is 11.4. The minimum Gasteiger partial charge on any atom is -0.276 e. The Bertz CT molecular complexity index is 384. The van der Waals surface area contributed by atoms with Crippen molar-refractivity contribution in [1.29, 1.82) is 0 Å². The summed E-state index contributed by atoms with van der Waals surface area (Å²) in [6.07, 6.45) is 0. The first-order valence-electron chi connectivity index (χ1n) is 3.58. The lowest BCUT2D eigenvalue weighted by Crippen LogP contribution is -1.99. The van der Waals surface area contributed by atoms with Gasteiger partial charge in [0.25, 0.3) is 10.9 Å². The Labute approximate surface area is 98.5 Å². The number of nitro groups is 1. The number of hydrogen-bond acceptors (Lipinski definition) is 3. The highest BCUT2D eigenvalue weighted by atomic mass is 127. The van der Waals surface area contributed by atoms with Gasteiger partial charge in [0.15, 0.2) is 0 Å². The summed E-state index contributed by atoms with van der Waals surface area (Å²) >= 11 is 7.12. The summed E-state index contributed by atoms with van der Waals surface area (Å²) in [4.78, 5) is 20.9. The fourth-order valence-corrected chi connectivity index (χ4v) is 2.04. The Balaban J connectivity index is 3.42. The number of nitrogens with zero attached hydrogens (tertiary/aromatic N) is 1. The smallest absolute Gasteiger partial charge is 0.276 e. The lowest BCUT2D eigenvalue weighted by Gasteiger charge is -2.01. The van der Waals surface area contributed by atoms with Gasteiger partial charge in [-0.2, -0.15) is 0 Å². The third-order valence-corrected chi connectivity index (χ3v) is 2.77. The van der Waals surface area contributed by atoms with Crippen LogP contribution in [0.2, 0.25) is 0 Å². The Morgan fingerprint density at radius 2 is 2.14 bits per heavy atom. The van der Waals surface area contributed by atoms with Gasteiger partial charge in [-0.15, -0.1) is 0 Å². The zero-order valence-corrected chi connectivity index (χ0v) is 10.00. The second-order valence-corrected chi connectivity index (χ2v) is 4.15. The van der Waals surface area contributed by atoms with Crippen LogP contribution in [0.3, 0.4) is 0 Å². The average molecular weight is 325 g/mol. The van der Waals surface area contributed by atoms with Crippen molar-refractivity contribution in [2.75, 3.05) is 0 Å². The Morgan fingerprint density at radius 3 is 2.57 bits per heavy atom. The molecule has 0 radical (unpaired) electrons. The molecule has 0 N–H and O–H groups in total. The normalized spacial score (nSPS) is 9.93. The van der Waals surface area contributed by atoms with Crippen molar-refractivity contribution in [2.45, 2.75) is 6.92 Å². The van der Waals surface area contributed by atoms with Gasteiger partial charge in [0.2, 0.25) is 0 Å². The zero-order valence-electron chi connectivity index (χ0n) is 7.08. The number of carbonyl (C=O) groups is 1. The topological polar surface area (TPSA) is 60.2 Å². The second-order valence-electron chi connectivity index (χ2n) is 2.65. The monoisotopic (exact) mass is 325 g/mol. The van der Waals surface area contributed by atoms with E-state index in [9.17, 15) is 14.9 Å². The number of nitro benzene ring substituents is 1. The number of carbonyl (C=O) groups excluding carboxylic acids is 1. The molecule has 1 rings (SSSR count).